The third kappa shape index (κ3) is 5.77. The first kappa shape index (κ1) is 20.8. The van der Waals surface area contributed by atoms with E-state index < -0.39 is 0 Å². The first-order valence-corrected chi connectivity index (χ1v) is 10.2. The molecule has 1 aromatic rings. The maximum atomic E-state index is 12.9. The number of carbonyl (C=O) groups excluding carboxylic acids is 2. The molecule has 1 saturated heterocycles. The fourth-order valence-electron chi connectivity index (χ4n) is 4.50. The van der Waals surface area contributed by atoms with Crippen LogP contribution in [0.25, 0.3) is 0 Å². The molecule has 2 N–H and O–H groups in total. The van der Waals surface area contributed by atoms with E-state index >= 15 is 0 Å². The number of carbonyl (C=O) groups is 2. The standard InChI is InChI=1S/C22H32FN3O2/c1-21(2,3)25-20(28)13-26-14-22(15-26)10-17(11-22)12-24-19(27)9-6-16-4-7-18(23)8-5-16/h4-5,7-8,17H,6,9-15H2,1-3H3,(H,24,27)(H,25,28). The molecule has 1 aromatic carbocycles. The van der Waals surface area contributed by atoms with Crippen LogP contribution in [0, 0.1) is 17.2 Å². The largest absolute Gasteiger partial charge is 0.356 e. The fraction of sp³-hybridized carbons (Fsp3) is 0.636. The molecule has 154 valence electrons. The number of aryl methyl sites for hydroxylation is 1. The van der Waals surface area contributed by atoms with Gasteiger partial charge in [0.15, 0.2) is 0 Å². The summed E-state index contributed by atoms with van der Waals surface area (Å²) in [5.41, 5.74) is 1.16. The Morgan fingerprint density at radius 1 is 1.14 bits per heavy atom. The van der Waals surface area contributed by atoms with Gasteiger partial charge in [0.2, 0.25) is 11.8 Å². The lowest BCUT2D eigenvalue weighted by Crippen LogP contribution is -2.64. The number of likely N-dealkylation sites (tertiary alicyclic amines) is 1. The summed E-state index contributed by atoms with van der Waals surface area (Å²) >= 11 is 0. The lowest BCUT2D eigenvalue weighted by molar-refractivity contribution is -0.134. The van der Waals surface area contributed by atoms with E-state index in [1.807, 2.05) is 20.8 Å². The van der Waals surface area contributed by atoms with Crippen LogP contribution in [-0.4, -0.2) is 48.4 Å². The zero-order valence-electron chi connectivity index (χ0n) is 17.2. The Morgan fingerprint density at radius 2 is 1.79 bits per heavy atom. The van der Waals surface area contributed by atoms with Crippen LogP contribution in [-0.2, 0) is 16.0 Å². The average molecular weight is 390 g/mol. The first-order valence-electron chi connectivity index (χ1n) is 10.2. The van der Waals surface area contributed by atoms with Crippen molar-refractivity contribution in [3.63, 3.8) is 0 Å². The predicted molar refractivity (Wildman–Crippen MR) is 107 cm³/mol. The molecule has 0 unspecified atom stereocenters. The van der Waals surface area contributed by atoms with E-state index in [0.717, 1.165) is 38.0 Å². The van der Waals surface area contributed by atoms with Crippen LogP contribution in [0.2, 0.25) is 0 Å². The normalized spacial score (nSPS) is 19.0. The van der Waals surface area contributed by atoms with Crippen molar-refractivity contribution in [2.75, 3.05) is 26.2 Å². The third-order valence-corrected chi connectivity index (χ3v) is 5.58. The second kappa shape index (κ2) is 8.19. The van der Waals surface area contributed by atoms with Gasteiger partial charge in [0.05, 0.1) is 6.54 Å². The van der Waals surface area contributed by atoms with Crippen molar-refractivity contribution in [2.45, 2.75) is 52.0 Å². The lowest BCUT2D eigenvalue weighted by atomic mass is 9.57. The molecule has 2 aliphatic rings. The van der Waals surface area contributed by atoms with Gasteiger partial charge < -0.3 is 10.6 Å². The van der Waals surface area contributed by atoms with Crippen molar-refractivity contribution >= 4 is 11.8 Å². The molecule has 5 nitrogen and oxygen atoms in total. The van der Waals surface area contributed by atoms with Crippen LogP contribution in [0.1, 0.15) is 45.6 Å². The molecule has 28 heavy (non-hydrogen) atoms. The molecule has 1 heterocycles. The van der Waals surface area contributed by atoms with E-state index in [9.17, 15) is 14.0 Å². The van der Waals surface area contributed by atoms with E-state index in [2.05, 4.69) is 15.5 Å². The Labute approximate surface area is 167 Å². The smallest absolute Gasteiger partial charge is 0.234 e. The highest BCUT2D eigenvalue weighted by molar-refractivity contribution is 5.79. The quantitative estimate of drug-likeness (QED) is 0.753. The number of hydrogen-bond acceptors (Lipinski definition) is 3. The van der Waals surface area contributed by atoms with Gasteiger partial charge in [0.1, 0.15) is 5.82 Å². The highest BCUT2D eigenvalue weighted by Crippen LogP contribution is 2.51. The lowest BCUT2D eigenvalue weighted by Gasteiger charge is -2.59. The maximum Gasteiger partial charge on any atom is 0.234 e. The van der Waals surface area contributed by atoms with E-state index in [4.69, 9.17) is 0 Å². The predicted octanol–water partition coefficient (Wildman–Crippen LogP) is 2.50. The highest BCUT2D eigenvalue weighted by Gasteiger charge is 2.52. The monoisotopic (exact) mass is 389 g/mol. The molecule has 0 atom stereocenters. The van der Waals surface area contributed by atoms with Gasteiger partial charge in [-0.3, -0.25) is 14.5 Å². The van der Waals surface area contributed by atoms with Crippen molar-refractivity contribution in [1.29, 1.82) is 0 Å². The van der Waals surface area contributed by atoms with Gasteiger partial charge in [0, 0.05) is 31.6 Å². The highest BCUT2D eigenvalue weighted by atomic mass is 19.1. The van der Waals surface area contributed by atoms with Crippen LogP contribution in [0.5, 0.6) is 0 Å². The third-order valence-electron chi connectivity index (χ3n) is 5.58. The first-order chi connectivity index (χ1) is 13.1. The van der Waals surface area contributed by atoms with Crippen LogP contribution >= 0.6 is 0 Å². The second-order valence-electron chi connectivity index (χ2n) is 9.65. The summed E-state index contributed by atoms with van der Waals surface area (Å²) < 4.78 is 12.9. The number of amides is 2. The van der Waals surface area contributed by atoms with Gasteiger partial charge in [-0.05, 0) is 69.1 Å². The summed E-state index contributed by atoms with van der Waals surface area (Å²) in [4.78, 5) is 26.2. The molecule has 3 rings (SSSR count). The molecular formula is C22H32FN3O2. The van der Waals surface area contributed by atoms with Crippen LogP contribution in [0.3, 0.4) is 0 Å². The molecule has 1 aliphatic carbocycles. The zero-order valence-corrected chi connectivity index (χ0v) is 17.2. The summed E-state index contributed by atoms with van der Waals surface area (Å²) in [5.74, 6) is 0.433. The van der Waals surface area contributed by atoms with Crippen molar-refractivity contribution in [1.82, 2.24) is 15.5 Å². The number of benzene rings is 1. The van der Waals surface area contributed by atoms with Crippen LogP contribution < -0.4 is 10.6 Å². The van der Waals surface area contributed by atoms with Crippen molar-refractivity contribution in [3.8, 4) is 0 Å². The number of nitrogens with zero attached hydrogens (tertiary/aromatic N) is 1. The molecule has 6 heteroatoms. The van der Waals surface area contributed by atoms with Crippen molar-refractivity contribution < 1.29 is 14.0 Å². The van der Waals surface area contributed by atoms with Crippen molar-refractivity contribution in [3.05, 3.63) is 35.6 Å². The molecule has 1 saturated carbocycles. The van der Waals surface area contributed by atoms with Crippen molar-refractivity contribution in [2.24, 2.45) is 11.3 Å². The average Bonchev–Trinajstić information content (AvgIpc) is 2.52. The van der Waals surface area contributed by atoms with Crippen LogP contribution in [0.15, 0.2) is 24.3 Å². The van der Waals surface area contributed by atoms with Gasteiger partial charge in [-0.15, -0.1) is 0 Å². The Balaban J connectivity index is 1.27. The summed E-state index contributed by atoms with van der Waals surface area (Å²) in [6.45, 7) is 9.16. The van der Waals surface area contributed by atoms with Crippen LogP contribution in [0.4, 0.5) is 4.39 Å². The van der Waals surface area contributed by atoms with Gasteiger partial charge >= 0.3 is 0 Å². The minimum absolute atomic E-state index is 0.0550. The number of nitrogens with one attached hydrogen (secondary N) is 2. The minimum atomic E-state index is -0.253. The van der Waals surface area contributed by atoms with E-state index in [1.165, 1.54) is 12.1 Å². The van der Waals surface area contributed by atoms with Gasteiger partial charge in [-0.1, -0.05) is 12.1 Å². The number of halogens is 1. The van der Waals surface area contributed by atoms with Gasteiger partial charge in [0.25, 0.3) is 0 Å². The molecule has 1 aliphatic heterocycles. The maximum absolute atomic E-state index is 12.9. The molecule has 2 fully saturated rings. The Hall–Kier alpha value is -1.95. The molecule has 0 bridgehead atoms. The topological polar surface area (TPSA) is 61.4 Å². The molecule has 2 amide bonds. The Kier molecular flexibility index (Phi) is 6.08. The number of hydrogen-bond donors (Lipinski definition) is 2. The summed E-state index contributed by atoms with van der Waals surface area (Å²) in [6.07, 6.45) is 3.32. The Bertz CT molecular complexity index is 697. The molecule has 0 radical (unpaired) electrons. The number of rotatable bonds is 7. The molecular weight excluding hydrogens is 357 g/mol. The summed E-state index contributed by atoms with van der Waals surface area (Å²) in [6, 6.07) is 6.30. The fourth-order valence-corrected chi connectivity index (χ4v) is 4.50. The SMILES string of the molecule is CC(C)(C)NC(=O)CN1CC2(CC(CNC(=O)CCc3ccc(F)cc3)C2)C1. The minimum Gasteiger partial charge on any atom is -0.356 e. The summed E-state index contributed by atoms with van der Waals surface area (Å²) in [7, 11) is 0. The van der Waals surface area contributed by atoms with Gasteiger partial charge in [-0.25, -0.2) is 4.39 Å². The molecule has 1 spiro atoms. The van der Waals surface area contributed by atoms with E-state index in [-0.39, 0.29) is 23.2 Å². The molecule has 0 aromatic heterocycles. The second-order valence-corrected chi connectivity index (χ2v) is 9.65. The van der Waals surface area contributed by atoms with E-state index in [0.29, 0.717) is 30.7 Å². The summed E-state index contributed by atoms with van der Waals surface area (Å²) in [5, 5.41) is 6.03. The van der Waals surface area contributed by atoms with Gasteiger partial charge in [-0.2, -0.15) is 0 Å². The van der Waals surface area contributed by atoms with E-state index in [1.54, 1.807) is 12.1 Å². The Morgan fingerprint density at radius 3 is 2.39 bits per heavy atom. The zero-order chi connectivity index (χ0) is 20.4.